The van der Waals surface area contributed by atoms with E-state index in [4.69, 9.17) is 5.26 Å². The van der Waals surface area contributed by atoms with Gasteiger partial charge in [-0.3, -0.25) is 4.98 Å². The lowest BCUT2D eigenvalue weighted by Crippen LogP contribution is -2.14. The Kier molecular flexibility index (Phi) is 3.57. The molecule has 0 bridgehead atoms. The SMILES string of the molecule is CC(C#N)c1cncc2scc(C#CC(C)(C)O)c12. The van der Waals surface area contributed by atoms with E-state index in [1.54, 1.807) is 37.6 Å². The molecule has 2 aromatic heterocycles. The summed E-state index contributed by atoms with van der Waals surface area (Å²) in [5.41, 5.74) is 0.713. The van der Waals surface area contributed by atoms with Gasteiger partial charge in [-0.2, -0.15) is 5.26 Å². The third kappa shape index (κ3) is 2.93. The molecule has 3 nitrogen and oxygen atoms in total. The Morgan fingerprint density at radius 3 is 2.79 bits per heavy atom. The zero-order chi connectivity index (χ0) is 14.0. The zero-order valence-electron chi connectivity index (χ0n) is 11.1. The lowest BCUT2D eigenvalue weighted by molar-refractivity contribution is 0.143. The molecule has 1 atom stereocenters. The van der Waals surface area contributed by atoms with Crippen LogP contribution in [0, 0.1) is 23.2 Å². The molecule has 0 saturated carbocycles. The molecule has 0 aliphatic carbocycles. The van der Waals surface area contributed by atoms with Crippen molar-refractivity contribution in [1.29, 1.82) is 5.26 Å². The second-order valence-corrected chi connectivity index (χ2v) is 5.82. The number of nitriles is 1. The maximum atomic E-state index is 9.68. The van der Waals surface area contributed by atoms with Crippen LogP contribution in [0.1, 0.15) is 37.8 Å². The number of thiophene rings is 1. The molecule has 0 aromatic carbocycles. The fraction of sp³-hybridized carbons (Fsp3) is 0.333. The predicted octanol–water partition coefficient (Wildman–Crippen LogP) is 3.05. The summed E-state index contributed by atoms with van der Waals surface area (Å²) in [5, 5.41) is 21.7. The van der Waals surface area contributed by atoms with Crippen LogP contribution in [-0.4, -0.2) is 15.7 Å². The van der Waals surface area contributed by atoms with Crippen molar-refractivity contribution in [3.05, 3.63) is 28.9 Å². The van der Waals surface area contributed by atoms with Gasteiger partial charge in [0.2, 0.25) is 0 Å². The van der Waals surface area contributed by atoms with Crippen LogP contribution >= 0.6 is 11.3 Å². The highest BCUT2D eigenvalue weighted by molar-refractivity contribution is 7.17. The molecule has 2 rings (SSSR count). The van der Waals surface area contributed by atoms with Crippen LogP contribution in [0.25, 0.3) is 10.1 Å². The molecular weight excluding hydrogens is 256 g/mol. The van der Waals surface area contributed by atoms with Gasteiger partial charge in [0.15, 0.2) is 0 Å². The van der Waals surface area contributed by atoms with Gasteiger partial charge in [-0.05, 0) is 26.3 Å². The van der Waals surface area contributed by atoms with Crippen molar-refractivity contribution in [3.63, 3.8) is 0 Å². The summed E-state index contributed by atoms with van der Waals surface area (Å²) in [5.74, 6) is 5.58. The van der Waals surface area contributed by atoms with Gasteiger partial charge in [-0.25, -0.2) is 0 Å². The maximum absolute atomic E-state index is 9.68. The summed E-state index contributed by atoms with van der Waals surface area (Å²) >= 11 is 1.55. The molecule has 1 unspecified atom stereocenters. The number of aliphatic hydroxyl groups is 1. The Morgan fingerprint density at radius 1 is 1.42 bits per heavy atom. The summed E-state index contributed by atoms with van der Waals surface area (Å²) in [6, 6.07) is 2.23. The van der Waals surface area contributed by atoms with Crippen molar-refractivity contribution in [2.75, 3.05) is 0 Å². The molecule has 2 heterocycles. The highest BCUT2D eigenvalue weighted by Crippen LogP contribution is 2.31. The monoisotopic (exact) mass is 270 g/mol. The first-order valence-corrected chi connectivity index (χ1v) is 6.80. The fourth-order valence-corrected chi connectivity index (χ4v) is 2.61. The van der Waals surface area contributed by atoms with Crippen LogP contribution in [0.2, 0.25) is 0 Å². The van der Waals surface area contributed by atoms with Gasteiger partial charge in [0.25, 0.3) is 0 Å². The van der Waals surface area contributed by atoms with Crippen LogP contribution in [0.4, 0.5) is 0 Å². The van der Waals surface area contributed by atoms with Crippen molar-refractivity contribution in [3.8, 4) is 17.9 Å². The van der Waals surface area contributed by atoms with Crippen LogP contribution in [0.15, 0.2) is 17.8 Å². The minimum atomic E-state index is -1.03. The maximum Gasteiger partial charge on any atom is 0.120 e. The summed E-state index contributed by atoms with van der Waals surface area (Å²) in [6.07, 6.45) is 3.50. The van der Waals surface area contributed by atoms with Gasteiger partial charge in [0, 0.05) is 28.7 Å². The molecule has 0 saturated heterocycles. The predicted molar refractivity (Wildman–Crippen MR) is 76.8 cm³/mol. The first-order chi connectivity index (χ1) is 8.92. The highest BCUT2D eigenvalue weighted by atomic mass is 32.1. The first kappa shape index (κ1) is 13.5. The summed E-state index contributed by atoms with van der Waals surface area (Å²) in [7, 11) is 0. The van der Waals surface area contributed by atoms with Gasteiger partial charge in [0.05, 0.1) is 16.7 Å². The van der Waals surface area contributed by atoms with Crippen LogP contribution in [0.3, 0.4) is 0 Å². The lowest BCUT2D eigenvalue weighted by atomic mass is 9.99. The van der Waals surface area contributed by atoms with Crippen molar-refractivity contribution >= 4 is 21.4 Å². The Labute approximate surface area is 116 Å². The normalized spacial score (nSPS) is 12.6. The van der Waals surface area contributed by atoms with Crippen molar-refractivity contribution < 1.29 is 5.11 Å². The van der Waals surface area contributed by atoms with E-state index in [1.807, 2.05) is 12.3 Å². The molecule has 0 radical (unpaired) electrons. The van der Waals surface area contributed by atoms with Gasteiger partial charge in [0.1, 0.15) is 5.60 Å². The minimum Gasteiger partial charge on any atom is -0.378 e. The Morgan fingerprint density at radius 2 is 2.16 bits per heavy atom. The van der Waals surface area contributed by atoms with Crippen molar-refractivity contribution in [2.45, 2.75) is 32.3 Å². The number of hydrogen-bond donors (Lipinski definition) is 1. The summed E-state index contributed by atoms with van der Waals surface area (Å²) in [4.78, 5) is 4.17. The van der Waals surface area contributed by atoms with Crippen LogP contribution < -0.4 is 0 Å². The van der Waals surface area contributed by atoms with Crippen molar-refractivity contribution in [2.24, 2.45) is 0 Å². The average molecular weight is 270 g/mol. The third-order valence-electron chi connectivity index (χ3n) is 2.68. The molecular formula is C15H14N2OS. The second kappa shape index (κ2) is 5.01. The number of aromatic nitrogens is 1. The van der Waals surface area contributed by atoms with Gasteiger partial charge in [-0.15, -0.1) is 11.3 Å². The minimum absolute atomic E-state index is 0.228. The standard InChI is InChI=1S/C15H14N2OS/c1-10(6-16)12-7-17-8-13-14(12)11(9-19-13)4-5-15(2,3)18/h7-10,18H,1-3H3. The molecule has 2 aromatic rings. The number of rotatable bonds is 1. The van der Waals surface area contributed by atoms with E-state index < -0.39 is 5.60 Å². The van der Waals surface area contributed by atoms with E-state index in [-0.39, 0.29) is 5.92 Å². The van der Waals surface area contributed by atoms with Crippen LogP contribution in [0.5, 0.6) is 0 Å². The van der Waals surface area contributed by atoms with Gasteiger partial charge >= 0.3 is 0 Å². The molecule has 0 spiro atoms. The molecule has 0 amide bonds. The van der Waals surface area contributed by atoms with Gasteiger partial charge < -0.3 is 5.11 Å². The Hall–Kier alpha value is -1.88. The average Bonchev–Trinajstić information content (AvgIpc) is 2.77. The van der Waals surface area contributed by atoms with E-state index >= 15 is 0 Å². The highest BCUT2D eigenvalue weighted by Gasteiger charge is 2.14. The van der Waals surface area contributed by atoms with E-state index in [0.29, 0.717) is 0 Å². The zero-order valence-corrected chi connectivity index (χ0v) is 11.9. The fourth-order valence-electron chi connectivity index (χ4n) is 1.73. The lowest BCUT2D eigenvalue weighted by Gasteiger charge is -2.07. The number of fused-ring (bicyclic) bond motifs is 1. The topological polar surface area (TPSA) is 56.9 Å². The third-order valence-corrected chi connectivity index (χ3v) is 3.59. The number of pyridine rings is 1. The van der Waals surface area contributed by atoms with Gasteiger partial charge in [-0.1, -0.05) is 11.8 Å². The number of nitrogens with zero attached hydrogens (tertiary/aromatic N) is 2. The quantitative estimate of drug-likeness (QED) is 0.810. The summed E-state index contributed by atoms with van der Waals surface area (Å²) in [6.45, 7) is 5.14. The summed E-state index contributed by atoms with van der Waals surface area (Å²) < 4.78 is 1.01. The molecule has 19 heavy (non-hydrogen) atoms. The van der Waals surface area contributed by atoms with E-state index in [0.717, 1.165) is 21.2 Å². The Balaban J connectivity index is 2.64. The second-order valence-electron chi connectivity index (χ2n) is 4.91. The number of hydrogen-bond acceptors (Lipinski definition) is 4. The van der Waals surface area contributed by atoms with Crippen LogP contribution in [-0.2, 0) is 0 Å². The van der Waals surface area contributed by atoms with Crippen molar-refractivity contribution in [1.82, 2.24) is 4.98 Å². The largest absolute Gasteiger partial charge is 0.378 e. The molecule has 1 N–H and O–H groups in total. The first-order valence-electron chi connectivity index (χ1n) is 5.92. The van der Waals surface area contributed by atoms with E-state index in [2.05, 4.69) is 22.9 Å². The molecule has 0 fully saturated rings. The molecule has 96 valence electrons. The molecule has 0 aliphatic rings. The van der Waals surface area contributed by atoms with E-state index in [9.17, 15) is 5.11 Å². The Bertz CT molecular complexity index is 708. The molecule has 4 heteroatoms. The molecule has 0 aliphatic heterocycles. The van der Waals surface area contributed by atoms with E-state index in [1.165, 1.54) is 0 Å². The smallest absolute Gasteiger partial charge is 0.120 e.